The van der Waals surface area contributed by atoms with E-state index < -0.39 is 0 Å². The molecule has 0 aliphatic heterocycles. The molecule has 0 unspecified atom stereocenters. The highest BCUT2D eigenvalue weighted by Gasteiger charge is 2.10. The topological polar surface area (TPSA) is 77.1 Å². The first-order valence-corrected chi connectivity index (χ1v) is 8.68. The van der Waals surface area contributed by atoms with Gasteiger partial charge in [0, 0.05) is 12.2 Å². The summed E-state index contributed by atoms with van der Waals surface area (Å²) in [5.74, 6) is -0.330. The summed E-state index contributed by atoms with van der Waals surface area (Å²) in [7, 11) is 0. The van der Waals surface area contributed by atoms with Gasteiger partial charge in [-0.2, -0.15) is 10.5 Å². The monoisotopic (exact) mass is 359 g/mol. The van der Waals surface area contributed by atoms with Gasteiger partial charge in [-0.25, -0.2) is 4.79 Å². The lowest BCUT2D eigenvalue weighted by Gasteiger charge is -2.23. The fourth-order valence-corrected chi connectivity index (χ4v) is 2.64. The molecule has 2 aromatic carbocycles. The Hall–Kier alpha value is -3.57. The van der Waals surface area contributed by atoms with E-state index in [1.165, 1.54) is 0 Å². The molecule has 0 saturated carbocycles. The Morgan fingerprint density at radius 2 is 1.85 bits per heavy atom. The van der Waals surface area contributed by atoms with Crippen molar-refractivity contribution in [2.24, 2.45) is 0 Å². The molecule has 0 fully saturated rings. The Kier molecular flexibility index (Phi) is 7.16. The molecule has 0 aromatic heterocycles. The van der Waals surface area contributed by atoms with Gasteiger partial charge >= 0.3 is 5.97 Å². The standard InChI is InChI=1S/C22H21N3O2/c1-3-25(11-12-27-22(26)19-7-5-4-6-8-19)21-10-9-20(17(2)13-21)14-18(15-23)16-24/h4-10,13-14H,3,11-12H2,1-2H3. The van der Waals surface area contributed by atoms with Crippen LogP contribution in [0, 0.1) is 29.6 Å². The SMILES string of the molecule is CCN(CCOC(=O)c1ccccc1)c1ccc(C=C(C#N)C#N)c(C)c1. The van der Waals surface area contributed by atoms with Gasteiger partial charge in [-0.05, 0) is 55.3 Å². The van der Waals surface area contributed by atoms with E-state index in [0.717, 1.165) is 23.4 Å². The second kappa shape index (κ2) is 9.79. The third-order valence-corrected chi connectivity index (χ3v) is 4.14. The van der Waals surface area contributed by atoms with Crippen molar-refractivity contribution in [2.45, 2.75) is 13.8 Å². The lowest BCUT2D eigenvalue weighted by molar-refractivity contribution is 0.0515. The minimum absolute atomic E-state index is 0.0750. The van der Waals surface area contributed by atoms with Crippen molar-refractivity contribution in [3.8, 4) is 12.1 Å². The summed E-state index contributed by atoms with van der Waals surface area (Å²) in [5, 5.41) is 17.8. The molecule has 27 heavy (non-hydrogen) atoms. The second-order valence-corrected chi connectivity index (χ2v) is 5.90. The van der Waals surface area contributed by atoms with Gasteiger partial charge in [0.25, 0.3) is 0 Å². The minimum atomic E-state index is -0.330. The number of carbonyl (C=O) groups is 1. The second-order valence-electron chi connectivity index (χ2n) is 5.90. The fourth-order valence-electron chi connectivity index (χ4n) is 2.64. The maximum Gasteiger partial charge on any atom is 0.338 e. The third-order valence-electron chi connectivity index (χ3n) is 4.14. The van der Waals surface area contributed by atoms with Crippen molar-refractivity contribution in [3.63, 3.8) is 0 Å². The van der Waals surface area contributed by atoms with E-state index in [1.54, 1.807) is 30.3 Å². The molecule has 0 amide bonds. The maximum atomic E-state index is 12.0. The van der Waals surface area contributed by atoms with Crippen molar-refractivity contribution in [2.75, 3.05) is 24.6 Å². The first-order chi connectivity index (χ1) is 13.1. The molecule has 5 nitrogen and oxygen atoms in total. The summed E-state index contributed by atoms with van der Waals surface area (Å²) in [6.45, 7) is 5.59. The van der Waals surface area contributed by atoms with Crippen LogP contribution in [0.5, 0.6) is 0 Å². The van der Waals surface area contributed by atoms with E-state index in [1.807, 2.05) is 50.3 Å². The van der Waals surface area contributed by atoms with Crippen LogP contribution in [0.25, 0.3) is 6.08 Å². The summed E-state index contributed by atoms with van der Waals surface area (Å²) in [4.78, 5) is 14.1. The average molecular weight is 359 g/mol. The molecule has 0 aliphatic carbocycles. The number of nitriles is 2. The predicted octanol–water partition coefficient (Wildman–Crippen LogP) is 4.11. The van der Waals surface area contributed by atoms with Crippen molar-refractivity contribution in [3.05, 3.63) is 70.8 Å². The van der Waals surface area contributed by atoms with Crippen LogP contribution in [-0.2, 0) is 4.74 Å². The highest BCUT2D eigenvalue weighted by atomic mass is 16.5. The summed E-state index contributed by atoms with van der Waals surface area (Å²) in [5.41, 5.74) is 3.42. The van der Waals surface area contributed by atoms with E-state index >= 15 is 0 Å². The first-order valence-electron chi connectivity index (χ1n) is 8.68. The number of ether oxygens (including phenoxy) is 1. The summed E-state index contributed by atoms with van der Waals surface area (Å²) in [6, 6.07) is 18.5. The van der Waals surface area contributed by atoms with Crippen LogP contribution in [-0.4, -0.2) is 25.7 Å². The van der Waals surface area contributed by atoms with Crippen molar-refractivity contribution >= 4 is 17.7 Å². The van der Waals surface area contributed by atoms with Gasteiger partial charge in [0.2, 0.25) is 0 Å². The largest absolute Gasteiger partial charge is 0.460 e. The Bertz CT molecular complexity index is 889. The molecule has 0 atom stereocenters. The Morgan fingerprint density at radius 3 is 2.44 bits per heavy atom. The molecule has 5 heteroatoms. The highest BCUT2D eigenvalue weighted by molar-refractivity contribution is 5.89. The average Bonchev–Trinajstić information content (AvgIpc) is 2.71. The number of rotatable bonds is 7. The van der Waals surface area contributed by atoms with Crippen LogP contribution in [0.2, 0.25) is 0 Å². The number of likely N-dealkylation sites (N-methyl/N-ethyl adjacent to an activating group) is 1. The molecule has 0 N–H and O–H groups in total. The number of aryl methyl sites for hydroxylation is 1. The molecule has 0 radical (unpaired) electrons. The predicted molar refractivity (Wildman–Crippen MR) is 105 cm³/mol. The van der Waals surface area contributed by atoms with Gasteiger partial charge in [-0.3, -0.25) is 0 Å². The third kappa shape index (κ3) is 5.45. The van der Waals surface area contributed by atoms with Crippen LogP contribution in [0.15, 0.2) is 54.1 Å². The first kappa shape index (κ1) is 19.8. The normalized spacial score (nSPS) is 9.63. The number of anilines is 1. The number of hydrogen-bond acceptors (Lipinski definition) is 5. The summed E-state index contributed by atoms with van der Waals surface area (Å²) in [6.07, 6.45) is 1.58. The van der Waals surface area contributed by atoms with Gasteiger partial charge in [0.15, 0.2) is 0 Å². The van der Waals surface area contributed by atoms with E-state index in [2.05, 4.69) is 4.90 Å². The Labute approximate surface area is 159 Å². The van der Waals surface area contributed by atoms with Crippen molar-refractivity contribution in [1.82, 2.24) is 0 Å². The quantitative estimate of drug-likeness (QED) is 0.549. The molecule has 0 saturated heterocycles. The summed E-state index contributed by atoms with van der Waals surface area (Å²) >= 11 is 0. The molecule has 0 spiro atoms. The minimum Gasteiger partial charge on any atom is -0.460 e. The molecule has 2 rings (SSSR count). The van der Waals surface area contributed by atoms with E-state index in [0.29, 0.717) is 12.1 Å². The van der Waals surface area contributed by atoms with Gasteiger partial charge in [0.1, 0.15) is 24.3 Å². The zero-order valence-electron chi connectivity index (χ0n) is 15.5. The van der Waals surface area contributed by atoms with Crippen molar-refractivity contribution < 1.29 is 9.53 Å². The Morgan fingerprint density at radius 1 is 1.15 bits per heavy atom. The fraction of sp³-hybridized carbons (Fsp3) is 0.227. The Balaban J connectivity index is 2.02. The van der Waals surface area contributed by atoms with E-state index in [-0.39, 0.29) is 18.1 Å². The lowest BCUT2D eigenvalue weighted by Crippen LogP contribution is -2.28. The van der Waals surface area contributed by atoms with E-state index in [4.69, 9.17) is 15.3 Å². The number of allylic oxidation sites excluding steroid dienone is 1. The van der Waals surface area contributed by atoms with Crippen LogP contribution in [0.3, 0.4) is 0 Å². The lowest BCUT2D eigenvalue weighted by atomic mass is 10.0. The zero-order chi connectivity index (χ0) is 19.6. The molecular weight excluding hydrogens is 338 g/mol. The molecule has 0 aliphatic rings. The number of hydrogen-bond donors (Lipinski definition) is 0. The van der Waals surface area contributed by atoms with Gasteiger partial charge in [0.05, 0.1) is 12.1 Å². The number of nitrogens with zero attached hydrogens (tertiary/aromatic N) is 3. The number of carbonyl (C=O) groups excluding carboxylic acids is 1. The van der Waals surface area contributed by atoms with Crippen LogP contribution < -0.4 is 4.90 Å². The van der Waals surface area contributed by atoms with Crippen LogP contribution in [0.4, 0.5) is 5.69 Å². The van der Waals surface area contributed by atoms with Crippen molar-refractivity contribution in [1.29, 1.82) is 10.5 Å². The van der Waals surface area contributed by atoms with Gasteiger partial charge in [-0.1, -0.05) is 24.3 Å². The molecule has 0 bridgehead atoms. The maximum absolute atomic E-state index is 12.0. The highest BCUT2D eigenvalue weighted by Crippen LogP contribution is 2.21. The molecule has 2 aromatic rings. The molecule has 0 heterocycles. The van der Waals surface area contributed by atoms with Gasteiger partial charge in [-0.15, -0.1) is 0 Å². The van der Waals surface area contributed by atoms with E-state index in [9.17, 15) is 4.79 Å². The van der Waals surface area contributed by atoms with Crippen LogP contribution >= 0.6 is 0 Å². The zero-order valence-corrected chi connectivity index (χ0v) is 15.5. The van der Waals surface area contributed by atoms with Gasteiger partial charge < -0.3 is 9.64 Å². The smallest absolute Gasteiger partial charge is 0.338 e. The van der Waals surface area contributed by atoms with Crippen LogP contribution in [0.1, 0.15) is 28.4 Å². The molecular formula is C22H21N3O2. The summed E-state index contributed by atoms with van der Waals surface area (Å²) < 4.78 is 5.36. The number of benzene rings is 2. The molecule has 136 valence electrons. The number of esters is 1.